The highest BCUT2D eigenvalue weighted by Gasteiger charge is 2.34. The molecule has 5 heteroatoms. The molecule has 1 aliphatic heterocycles. The van der Waals surface area contributed by atoms with E-state index in [1.165, 1.54) is 0 Å². The molecule has 0 unspecified atom stereocenters. The first-order chi connectivity index (χ1) is 10.6. The number of fused-ring (bicyclic) bond motifs is 1. The van der Waals surface area contributed by atoms with Crippen molar-refractivity contribution in [2.24, 2.45) is 0 Å². The fourth-order valence-corrected chi connectivity index (χ4v) is 2.75. The average molecular weight is 299 g/mol. The minimum Gasteiger partial charge on any atom is -0.479 e. The van der Waals surface area contributed by atoms with Crippen molar-refractivity contribution in [2.75, 3.05) is 0 Å². The fraction of sp³-hybridized carbons (Fsp3) is 0.294. The summed E-state index contributed by atoms with van der Waals surface area (Å²) in [5.74, 6) is -1.26. The molecule has 22 heavy (non-hydrogen) atoms. The van der Waals surface area contributed by atoms with Crippen LogP contribution in [0.1, 0.15) is 18.4 Å². The smallest absolute Gasteiger partial charge is 0.332 e. The number of aliphatic carboxylic acids is 1. The van der Waals surface area contributed by atoms with Crippen molar-refractivity contribution < 1.29 is 19.4 Å². The van der Waals surface area contributed by atoms with Gasteiger partial charge < -0.3 is 15.2 Å². The molecule has 2 N–H and O–H groups in total. The van der Waals surface area contributed by atoms with E-state index in [9.17, 15) is 9.59 Å². The van der Waals surface area contributed by atoms with Crippen molar-refractivity contribution in [3.63, 3.8) is 0 Å². The maximum absolute atomic E-state index is 12.1. The lowest BCUT2D eigenvalue weighted by Crippen LogP contribution is -2.35. The molecule has 0 aliphatic carbocycles. The number of carbonyl (C=O) groups is 2. The Hall–Kier alpha value is -2.40. The van der Waals surface area contributed by atoms with Crippen molar-refractivity contribution in [1.29, 1.82) is 0 Å². The van der Waals surface area contributed by atoms with E-state index in [2.05, 4.69) is 5.32 Å². The van der Waals surface area contributed by atoms with Crippen LogP contribution in [0.4, 0.5) is 0 Å². The minimum atomic E-state index is -1.01. The number of carbonyl (C=O) groups excluding carboxylic acids is 1. The summed E-state index contributed by atoms with van der Waals surface area (Å²) in [5.41, 5.74) is 1.03. The molecule has 2 aromatic carbocycles. The maximum atomic E-state index is 12.1. The van der Waals surface area contributed by atoms with Gasteiger partial charge in [0.05, 0.1) is 0 Å². The van der Waals surface area contributed by atoms with E-state index < -0.39 is 18.2 Å². The van der Waals surface area contributed by atoms with E-state index in [0.29, 0.717) is 19.4 Å². The molecule has 0 bridgehead atoms. The third-order valence-corrected chi connectivity index (χ3v) is 3.92. The van der Waals surface area contributed by atoms with Crippen LogP contribution in [-0.2, 0) is 20.9 Å². The predicted octanol–water partition coefficient (Wildman–Crippen LogP) is 2.09. The summed E-state index contributed by atoms with van der Waals surface area (Å²) in [5, 5.41) is 13.9. The summed E-state index contributed by atoms with van der Waals surface area (Å²) in [4.78, 5) is 22.9. The third-order valence-electron chi connectivity index (χ3n) is 3.92. The van der Waals surface area contributed by atoms with E-state index in [1.807, 2.05) is 42.5 Å². The van der Waals surface area contributed by atoms with Crippen molar-refractivity contribution in [1.82, 2.24) is 5.32 Å². The summed E-state index contributed by atoms with van der Waals surface area (Å²) >= 11 is 0. The molecule has 2 atom stereocenters. The number of hydrogen-bond acceptors (Lipinski definition) is 3. The molecule has 0 spiro atoms. The second kappa shape index (κ2) is 6.15. The van der Waals surface area contributed by atoms with Gasteiger partial charge in [-0.25, -0.2) is 4.79 Å². The Kier molecular flexibility index (Phi) is 4.06. The Morgan fingerprint density at radius 3 is 2.59 bits per heavy atom. The second-order valence-corrected chi connectivity index (χ2v) is 5.39. The second-order valence-electron chi connectivity index (χ2n) is 5.39. The molecule has 0 aromatic heterocycles. The first kappa shape index (κ1) is 14.5. The molecule has 5 nitrogen and oxygen atoms in total. The summed E-state index contributed by atoms with van der Waals surface area (Å²) < 4.78 is 5.25. The topological polar surface area (TPSA) is 75.6 Å². The highest BCUT2D eigenvalue weighted by molar-refractivity contribution is 5.87. The van der Waals surface area contributed by atoms with Gasteiger partial charge in [0.15, 0.2) is 6.10 Å². The zero-order valence-corrected chi connectivity index (χ0v) is 12.0. The van der Waals surface area contributed by atoms with Crippen molar-refractivity contribution in [3.05, 3.63) is 48.0 Å². The van der Waals surface area contributed by atoms with Crippen molar-refractivity contribution >= 4 is 22.6 Å². The van der Waals surface area contributed by atoms with Gasteiger partial charge in [0.25, 0.3) is 0 Å². The zero-order valence-electron chi connectivity index (χ0n) is 12.0. The van der Waals surface area contributed by atoms with E-state index in [1.54, 1.807) is 0 Å². The average Bonchev–Trinajstić information content (AvgIpc) is 3.03. The minimum absolute atomic E-state index is 0.253. The van der Waals surface area contributed by atoms with Gasteiger partial charge in [-0.15, -0.1) is 0 Å². The Bertz CT molecular complexity index is 707. The quantitative estimate of drug-likeness (QED) is 0.906. The van der Waals surface area contributed by atoms with Crippen LogP contribution >= 0.6 is 0 Å². The lowest BCUT2D eigenvalue weighted by atomic mass is 10.0. The van der Waals surface area contributed by atoms with E-state index in [4.69, 9.17) is 9.84 Å². The van der Waals surface area contributed by atoms with Gasteiger partial charge in [0, 0.05) is 6.54 Å². The highest BCUT2D eigenvalue weighted by atomic mass is 16.5. The number of carboxylic acids is 1. The molecule has 1 aliphatic rings. The van der Waals surface area contributed by atoms with E-state index in [0.717, 1.165) is 16.3 Å². The van der Waals surface area contributed by atoms with Crippen LogP contribution in [0.25, 0.3) is 10.8 Å². The molecule has 1 fully saturated rings. The lowest BCUT2D eigenvalue weighted by Gasteiger charge is -2.13. The number of nitrogens with one attached hydrogen (secondary N) is 1. The lowest BCUT2D eigenvalue weighted by molar-refractivity contribution is -0.151. The van der Waals surface area contributed by atoms with Crippen LogP contribution in [0, 0.1) is 0 Å². The first-order valence-corrected chi connectivity index (χ1v) is 7.28. The maximum Gasteiger partial charge on any atom is 0.332 e. The summed E-state index contributed by atoms with van der Waals surface area (Å²) in [7, 11) is 0. The van der Waals surface area contributed by atoms with Gasteiger partial charge in [0.1, 0.15) is 6.10 Å². The Balaban J connectivity index is 1.65. The molecule has 114 valence electrons. The van der Waals surface area contributed by atoms with Crippen LogP contribution in [0.2, 0.25) is 0 Å². The molecule has 2 aromatic rings. The third kappa shape index (κ3) is 2.94. The van der Waals surface area contributed by atoms with Gasteiger partial charge in [-0.3, -0.25) is 4.79 Å². The predicted molar refractivity (Wildman–Crippen MR) is 81.3 cm³/mol. The first-order valence-electron chi connectivity index (χ1n) is 7.28. The summed E-state index contributed by atoms with van der Waals surface area (Å²) in [6.07, 6.45) is -0.718. The standard InChI is InChI=1S/C17H17NO4/c19-16(14-8-9-15(22-14)17(20)21)18-10-12-6-3-5-11-4-1-2-7-13(11)12/h1-7,14-15H,8-10H2,(H,18,19)(H,20,21)/t14-,15+/m0/s1. The van der Waals surface area contributed by atoms with Crippen LogP contribution < -0.4 is 5.32 Å². The van der Waals surface area contributed by atoms with E-state index >= 15 is 0 Å². The molecule has 0 radical (unpaired) electrons. The number of benzene rings is 2. The van der Waals surface area contributed by atoms with Gasteiger partial charge in [-0.05, 0) is 29.2 Å². The molecule has 3 rings (SSSR count). The SMILES string of the molecule is O=C(NCc1cccc2ccccc12)[C@@H]1CC[C@H](C(=O)O)O1. The van der Waals surface area contributed by atoms with Crippen molar-refractivity contribution in [3.8, 4) is 0 Å². The number of amides is 1. The Morgan fingerprint density at radius 2 is 1.82 bits per heavy atom. The fourth-order valence-electron chi connectivity index (χ4n) is 2.75. The largest absolute Gasteiger partial charge is 0.479 e. The monoisotopic (exact) mass is 299 g/mol. The highest BCUT2D eigenvalue weighted by Crippen LogP contribution is 2.21. The van der Waals surface area contributed by atoms with Crippen LogP contribution in [-0.4, -0.2) is 29.2 Å². The van der Waals surface area contributed by atoms with Gasteiger partial charge in [0.2, 0.25) is 5.91 Å². The number of ether oxygens (including phenoxy) is 1. The van der Waals surface area contributed by atoms with E-state index in [-0.39, 0.29) is 5.91 Å². The van der Waals surface area contributed by atoms with Crippen LogP contribution in [0.3, 0.4) is 0 Å². The van der Waals surface area contributed by atoms with Crippen LogP contribution in [0.5, 0.6) is 0 Å². The summed E-state index contributed by atoms with van der Waals surface area (Å²) in [6.45, 7) is 0.401. The normalized spacial score (nSPS) is 20.9. The molecular formula is C17H17NO4. The van der Waals surface area contributed by atoms with Crippen molar-refractivity contribution in [2.45, 2.75) is 31.6 Å². The number of rotatable bonds is 4. The zero-order chi connectivity index (χ0) is 15.5. The number of carboxylic acid groups (broad SMARTS) is 1. The molecule has 1 amide bonds. The molecule has 1 saturated heterocycles. The summed E-state index contributed by atoms with van der Waals surface area (Å²) in [6, 6.07) is 13.9. The molecular weight excluding hydrogens is 282 g/mol. The number of hydrogen-bond donors (Lipinski definition) is 2. The van der Waals surface area contributed by atoms with Gasteiger partial charge in [-0.1, -0.05) is 42.5 Å². The Labute approximate surface area is 127 Å². The Morgan fingerprint density at radius 1 is 1.09 bits per heavy atom. The molecule has 1 heterocycles. The molecule has 0 saturated carbocycles. The van der Waals surface area contributed by atoms with Gasteiger partial charge >= 0.3 is 5.97 Å². The van der Waals surface area contributed by atoms with Gasteiger partial charge in [-0.2, -0.15) is 0 Å². The van der Waals surface area contributed by atoms with Crippen LogP contribution in [0.15, 0.2) is 42.5 Å².